The molecule has 0 aromatic heterocycles. The van der Waals surface area contributed by atoms with Crippen molar-refractivity contribution in [2.45, 2.75) is 13.5 Å². The van der Waals surface area contributed by atoms with Crippen molar-refractivity contribution >= 4 is 5.91 Å². The van der Waals surface area contributed by atoms with Crippen molar-refractivity contribution in [2.75, 3.05) is 33.3 Å². The quantitative estimate of drug-likeness (QED) is 0.867. The van der Waals surface area contributed by atoms with E-state index in [1.807, 2.05) is 29.2 Å². The lowest BCUT2D eigenvalue weighted by Crippen LogP contribution is -2.48. The molecule has 1 aliphatic heterocycles. The molecule has 1 amide bonds. The van der Waals surface area contributed by atoms with Gasteiger partial charge in [-0.05, 0) is 24.6 Å². The van der Waals surface area contributed by atoms with Crippen molar-refractivity contribution in [3.05, 3.63) is 65.2 Å². The van der Waals surface area contributed by atoms with E-state index in [1.54, 1.807) is 7.11 Å². The highest BCUT2D eigenvalue weighted by Gasteiger charge is 2.24. The summed E-state index contributed by atoms with van der Waals surface area (Å²) in [6, 6.07) is 16.1. The maximum absolute atomic E-state index is 12.7. The van der Waals surface area contributed by atoms with Crippen LogP contribution in [0.3, 0.4) is 0 Å². The Hall–Kier alpha value is -2.33. The van der Waals surface area contributed by atoms with Crippen molar-refractivity contribution in [2.24, 2.45) is 0 Å². The largest absolute Gasteiger partial charge is 0.496 e. The van der Waals surface area contributed by atoms with Crippen LogP contribution in [0.15, 0.2) is 48.5 Å². The van der Waals surface area contributed by atoms with Crippen LogP contribution >= 0.6 is 0 Å². The van der Waals surface area contributed by atoms with Gasteiger partial charge in [-0.1, -0.05) is 42.0 Å². The Morgan fingerprint density at radius 1 is 1.00 bits per heavy atom. The molecule has 0 aliphatic carbocycles. The maximum atomic E-state index is 12.7. The van der Waals surface area contributed by atoms with Crippen LogP contribution < -0.4 is 4.74 Å². The van der Waals surface area contributed by atoms with Gasteiger partial charge >= 0.3 is 0 Å². The number of aryl methyl sites for hydroxylation is 1. The molecule has 1 aliphatic rings. The Labute approximate surface area is 143 Å². The fourth-order valence-electron chi connectivity index (χ4n) is 3.05. The van der Waals surface area contributed by atoms with Crippen molar-refractivity contribution < 1.29 is 9.53 Å². The molecule has 0 bridgehead atoms. The van der Waals surface area contributed by atoms with Crippen LogP contribution in [0, 0.1) is 6.92 Å². The molecular weight excluding hydrogens is 300 g/mol. The molecule has 0 spiro atoms. The second-order valence-corrected chi connectivity index (χ2v) is 6.25. The van der Waals surface area contributed by atoms with Gasteiger partial charge in [0.1, 0.15) is 5.75 Å². The van der Waals surface area contributed by atoms with E-state index in [4.69, 9.17) is 4.74 Å². The number of nitrogens with zero attached hydrogens (tertiary/aromatic N) is 2. The van der Waals surface area contributed by atoms with E-state index in [0.717, 1.165) is 32.7 Å². The molecule has 2 aromatic carbocycles. The zero-order valence-corrected chi connectivity index (χ0v) is 14.4. The van der Waals surface area contributed by atoms with E-state index in [9.17, 15) is 4.79 Å². The third-order valence-corrected chi connectivity index (χ3v) is 4.52. The molecule has 0 unspecified atom stereocenters. The minimum Gasteiger partial charge on any atom is -0.496 e. The average Bonchev–Trinajstić information content (AvgIpc) is 2.63. The molecule has 3 rings (SSSR count). The zero-order valence-electron chi connectivity index (χ0n) is 14.4. The molecule has 0 radical (unpaired) electrons. The summed E-state index contributed by atoms with van der Waals surface area (Å²) in [6.07, 6.45) is 0. The summed E-state index contributed by atoms with van der Waals surface area (Å²) in [4.78, 5) is 17.0. The second-order valence-electron chi connectivity index (χ2n) is 6.25. The average molecular weight is 324 g/mol. The standard InChI is InChI=1S/C20H24N2O2/c1-16-7-9-17(10-8-16)15-21-11-13-22(14-12-21)20(23)18-5-3-4-6-19(18)24-2/h3-10H,11-15H2,1-2H3. The number of carbonyl (C=O) groups excluding carboxylic acids is 1. The normalized spacial score (nSPS) is 15.3. The van der Waals surface area contributed by atoms with Crippen molar-refractivity contribution in [1.29, 1.82) is 0 Å². The third-order valence-electron chi connectivity index (χ3n) is 4.52. The molecule has 0 saturated carbocycles. The van der Waals surface area contributed by atoms with Crippen LogP contribution in [0.2, 0.25) is 0 Å². The molecule has 0 N–H and O–H groups in total. The number of carbonyl (C=O) groups is 1. The van der Waals surface area contributed by atoms with Gasteiger partial charge in [0.05, 0.1) is 12.7 Å². The lowest BCUT2D eigenvalue weighted by atomic mass is 10.1. The molecule has 24 heavy (non-hydrogen) atoms. The van der Waals surface area contributed by atoms with Gasteiger partial charge in [-0.25, -0.2) is 0 Å². The number of methoxy groups -OCH3 is 1. The van der Waals surface area contributed by atoms with E-state index < -0.39 is 0 Å². The number of ether oxygens (including phenoxy) is 1. The van der Waals surface area contributed by atoms with Crippen LogP contribution in [0.4, 0.5) is 0 Å². The van der Waals surface area contributed by atoms with Gasteiger partial charge in [-0.3, -0.25) is 9.69 Å². The SMILES string of the molecule is COc1ccccc1C(=O)N1CCN(Cc2ccc(C)cc2)CC1. The highest BCUT2D eigenvalue weighted by atomic mass is 16.5. The molecule has 1 fully saturated rings. The first-order valence-corrected chi connectivity index (χ1v) is 8.37. The first-order chi connectivity index (χ1) is 11.7. The fourth-order valence-corrected chi connectivity index (χ4v) is 3.05. The van der Waals surface area contributed by atoms with Crippen LogP contribution in [0.1, 0.15) is 21.5 Å². The van der Waals surface area contributed by atoms with Crippen LogP contribution in [0.5, 0.6) is 5.75 Å². The number of para-hydroxylation sites is 1. The molecule has 1 saturated heterocycles. The van der Waals surface area contributed by atoms with Crippen LogP contribution in [0.25, 0.3) is 0 Å². The minimum absolute atomic E-state index is 0.0578. The van der Waals surface area contributed by atoms with Gasteiger partial charge in [0, 0.05) is 32.7 Å². The van der Waals surface area contributed by atoms with Crippen molar-refractivity contribution in [3.8, 4) is 5.75 Å². The predicted molar refractivity (Wildman–Crippen MR) is 95.4 cm³/mol. The Morgan fingerprint density at radius 2 is 1.67 bits per heavy atom. The van der Waals surface area contributed by atoms with Crippen molar-refractivity contribution in [1.82, 2.24) is 9.80 Å². The highest BCUT2D eigenvalue weighted by molar-refractivity contribution is 5.97. The van der Waals surface area contributed by atoms with Crippen LogP contribution in [-0.2, 0) is 6.54 Å². The summed E-state index contributed by atoms with van der Waals surface area (Å²) >= 11 is 0. The smallest absolute Gasteiger partial charge is 0.257 e. The summed E-state index contributed by atoms with van der Waals surface area (Å²) in [6.45, 7) is 6.35. The Morgan fingerprint density at radius 3 is 2.33 bits per heavy atom. The Bertz CT molecular complexity index is 689. The molecule has 2 aromatic rings. The molecular formula is C20H24N2O2. The first kappa shape index (κ1) is 16.5. The Balaban J connectivity index is 1.58. The van der Waals surface area contributed by atoms with E-state index in [-0.39, 0.29) is 5.91 Å². The number of piperazine rings is 1. The summed E-state index contributed by atoms with van der Waals surface area (Å²) in [5.41, 5.74) is 3.25. The number of hydrogen-bond acceptors (Lipinski definition) is 3. The van der Waals surface area contributed by atoms with Gasteiger partial charge in [0.2, 0.25) is 0 Å². The first-order valence-electron chi connectivity index (χ1n) is 8.37. The summed E-state index contributed by atoms with van der Waals surface area (Å²) in [7, 11) is 1.60. The summed E-state index contributed by atoms with van der Waals surface area (Å²) in [5, 5.41) is 0. The van der Waals surface area contributed by atoms with E-state index >= 15 is 0 Å². The topological polar surface area (TPSA) is 32.8 Å². The van der Waals surface area contributed by atoms with Gasteiger partial charge in [0.15, 0.2) is 0 Å². The highest BCUT2D eigenvalue weighted by Crippen LogP contribution is 2.20. The lowest BCUT2D eigenvalue weighted by Gasteiger charge is -2.35. The monoisotopic (exact) mass is 324 g/mol. The summed E-state index contributed by atoms with van der Waals surface area (Å²) in [5.74, 6) is 0.701. The van der Waals surface area contributed by atoms with E-state index in [0.29, 0.717) is 11.3 Å². The van der Waals surface area contributed by atoms with E-state index in [2.05, 4.69) is 36.1 Å². The zero-order chi connectivity index (χ0) is 16.9. The number of benzene rings is 2. The molecule has 1 heterocycles. The number of hydrogen-bond donors (Lipinski definition) is 0. The lowest BCUT2D eigenvalue weighted by molar-refractivity contribution is 0.0625. The number of rotatable bonds is 4. The number of amides is 1. The third kappa shape index (κ3) is 3.77. The molecule has 126 valence electrons. The van der Waals surface area contributed by atoms with E-state index in [1.165, 1.54) is 11.1 Å². The maximum Gasteiger partial charge on any atom is 0.257 e. The Kier molecular flexibility index (Phi) is 5.16. The van der Waals surface area contributed by atoms with Gasteiger partial charge in [-0.2, -0.15) is 0 Å². The minimum atomic E-state index is 0.0578. The van der Waals surface area contributed by atoms with Gasteiger partial charge in [0.25, 0.3) is 5.91 Å². The van der Waals surface area contributed by atoms with Gasteiger partial charge in [-0.15, -0.1) is 0 Å². The predicted octanol–water partition coefficient (Wildman–Crippen LogP) is 2.96. The fraction of sp³-hybridized carbons (Fsp3) is 0.350. The molecule has 4 heteroatoms. The molecule has 4 nitrogen and oxygen atoms in total. The van der Waals surface area contributed by atoms with Crippen molar-refractivity contribution in [3.63, 3.8) is 0 Å². The molecule has 0 atom stereocenters. The van der Waals surface area contributed by atoms with Gasteiger partial charge < -0.3 is 9.64 Å². The second kappa shape index (κ2) is 7.49. The summed E-state index contributed by atoms with van der Waals surface area (Å²) < 4.78 is 5.31. The van der Waals surface area contributed by atoms with Crippen LogP contribution in [-0.4, -0.2) is 49.0 Å².